The number of Topliss-reactive ketones (excluding diaryl/α,β-unsaturated/α-hetero) is 1. The Kier molecular flexibility index (Phi) is 5.39. The summed E-state index contributed by atoms with van der Waals surface area (Å²) < 4.78 is 15.7. The first kappa shape index (κ1) is 19.7. The van der Waals surface area contributed by atoms with Crippen LogP contribution >= 0.6 is 11.3 Å². The lowest BCUT2D eigenvalue weighted by atomic mass is 10.2. The average Bonchev–Trinajstić information content (AvgIpc) is 3.47. The maximum Gasteiger partial charge on any atom is 0.211 e. The van der Waals surface area contributed by atoms with Crippen molar-refractivity contribution < 1.29 is 9.18 Å². The SMILES string of the molecule is O=C(Cn1cnc2c(N3CCN(Cc4ccccc4F)CC3)ncnc21)c1nccs1. The zero-order valence-electron chi connectivity index (χ0n) is 16.7. The maximum atomic E-state index is 14.0. The molecule has 4 aromatic rings. The van der Waals surface area contributed by atoms with Crippen LogP contribution in [0.1, 0.15) is 15.4 Å². The lowest BCUT2D eigenvalue weighted by molar-refractivity contribution is 0.0973. The molecule has 31 heavy (non-hydrogen) atoms. The van der Waals surface area contributed by atoms with E-state index >= 15 is 0 Å². The number of halogens is 1. The van der Waals surface area contributed by atoms with Crippen molar-refractivity contribution in [2.24, 2.45) is 0 Å². The van der Waals surface area contributed by atoms with Gasteiger partial charge >= 0.3 is 0 Å². The average molecular weight is 438 g/mol. The Labute approximate surface area is 182 Å². The third-order valence-corrected chi connectivity index (χ3v) is 6.20. The summed E-state index contributed by atoms with van der Waals surface area (Å²) in [5.74, 6) is 0.521. The van der Waals surface area contributed by atoms with E-state index in [0.717, 1.165) is 32.0 Å². The highest BCUT2D eigenvalue weighted by atomic mass is 32.1. The Morgan fingerprint density at radius 1 is 1.06 bits per heavy atom. The smallest absolute Gasteiger partial charge is 0.211 e. The molecule has 1 fully saturated rings. The molecule has 1 aromatic carbocycles. The number of thiazole rings is 1. The van der Waals surface area contributed by atoms with Crippen LogP contribution in [0.4, 0.5) is 10.2 Å². The summed E-state index contributed by atoms with van der Waals surface area (Å²) >= 11 is 1.32. The first-order valence-corrected chi connectivity index (χ1v) is 10.9. The number of fused-ring (bicyclic) bond motifs is 1. The van der Waals surface area contributed by atoms with Crippen molar-refractivity contribution in [2.75, 3.05) is 31.1 Å². The predicted octanol–water partition coefficient (Wildman–Crippen LogP) is 2.63. The summed E-state index contributed by atoms with van der Waals surface area (Å²) in [6, 6.07) is 6.90. The van der Waals surface area contributed by atoms with Gasteiger partial charge in [-0.2, -0.15) is 0 Å². The molecular weight excluding hydrogens is 417 g/mol. The third-order valence-electron chi connectivity index (χ3n) is 5.39. The lowest BCUT2D eigenvalue weighted by Crippen LogP contribution is -2.46. The molecule has 0 spiro atoms. The number of nitrogens with zero attached hydrogens (tertiary/aromatic N) is 7. The number of hydrogen-bond donors (Lipinski definition) is 0. The predicted molar refractivity (Wildman–Crippen MR) is 116 cm³/mol. The second-order valence-electron chi connectivity index (χ2n) is 7.36. The van der Waals surface area contributed by atoms with Gasteiger partial charge in [0.1, 0.15) is 12.1 Å². The number of anilines is 1. The molecule has 4 heterocycles. The summed E-state index contributed by atoms with van der Waals surface area (Å²) in [4.78, 5) is 34.2. The van der Waals surface area contributed by atoms with Gasteiger partial charge in [-0.15, -0.1) is 11.3 Å². The molecule has 1 aliphatic heterocycles. The minimum atomic E-state index is -0.166. The number of hydrogen-bond acceptors (Lipinski definition) is 8. The van der Waals surface area contributed by atoms with Crippen molar-refractivity contribution in [3.05, 3.63) is 64.9 Å². The molecule has 10 heteroatoms. The van der Waals surface area contributed by atoms with Gasteiger partial charge in [-0.25, -0.2) is 24.3 Å². The number of aromatic nitrogens is 5. The zero-order chi connectivity index (χ0) is 21.2. The second-order valence-corrected chi connectivity index (χ2v) is 8.25. The van der Waals surface area contributed by atoms with E-state index in [1.54, 1.807) is 28.5 Å². The van der Waals surface area contributed by atoms with Gasteiger partial charge in [0.05, 0.1) is 12.9 Å². The Morgan fingerprint density at radius 2 is 1.90 bits per heavy atom. The summed E-state index contributed by atoms with van der Waals surface area (Å²) in [6.45, 7) is 3.83. The van der Waals surface area contributed by atoms with Crippen molar-refractivity contribution in [3.8, 4) is 0 Å². The highest BCUT2D eigenvalue weighted by Gasteiger charge is 2.23. The van der Waals surface area contributed by atoms with Crippen LogP contribution in [-0.2, 0) is 13.1 Å². The van der Waals surface area contributed by atoms with E-state index < -0.39 is 0 Å². The van der Waals surface area contributed by atoms with E-state index in [1.165, 1.54) is 23.7 Å². The number of carbonyl (C=O) groups is 1. The third kappa shape index (κ3) is 4.04. The molecule has 0 saturated carbocycles. The minimum absolute atomic E-state index is 0.0729. The normalized spacial score (nSPS) is 14.9. The number of benzene rings is 1. The Hall–Kier alpha value is -3.24. The first-order chi connectivity index (χ1) is 15.2. The summed E-state index contributed by atoms with van der Waals surface area (Å²) in [6.07, 6.45) is 4.76. The Bertz CT molecular complexity index is 1200. The van der Waals surface area contributed by atoms with Gasteiger partial charge in [0.25, 0.3) is 0 Å². The fourth-order valence-corrected chi connectivity index (χ4v) is 4.35. The standard InChI is InChI=1S/C21H20FN7OS/c22-16-4-2-1-3-15(16)11-27-6-8-28(9-7-27)19-18-20(25-13-24-19)29(14-26-18)12-17(30)21-23-5-10-31-21/h1-5,10,13-14H,6-9,11-12H2. The number of imidazole rings is 1. The quantitative estimate of drug-likeness (QED) is 0.429. The molecule has 5 rings (SSSR count). The molecule has 0 unspecified atom stereocenters. The molecule has 1 aliphatic rings. The van der Waals surface area contributed by atoms with Crippen LogP contribution < -0.4 is 4.90 Å². The van der Waals surface area contributed by atoms with E-state index in [4.69, 9.17) is 0 Å². The van der Waals surface area contributed by atoms with E-state index in [-0.39, 0.29) is 18.1 Å². The van der Waals surface area contributed by atoms with Crippen LogP contribution in [0.15, 0.2) is 48.5 Å². The van der Waals surface area contributed by atoms with Crippen LogP contribution in [0.25, 0.3) is 11.2 Å². The highest BCUT2D eigenvalue weighted by Crippen LogP contribution is 2.23. The van der Waals surface area contributed by atoms with Gasteiger partial charge in [-0.3, -0.25) is 9.69 Å². The number of rotatable bonds is 6. The fourth-order valence-electron chi connectivity index (χ4n) is 3.78. The summed E-state index contributed by atoms with van der Waals surface area (Å²) in [7, 11) is 0. The van der Waals surface area contributed by atoms with Crippen LogP contribution in [0.5, 0.6) is 0 Å². The molecule has 1 saturated heterocycles. The molecule has 0 aliphatic carbocycles. The summed E-state index contributed by atoms with van der Waals surface area (Å²) in [5.41, 5.74) is 2.02. The molecule has 8 nitrogen and oxygen atoms in total. The fraction of sp³-hybridized carbons (Fsp3) is 0.286. The number of carbonyl (C=O) groups excluding carboxylic acids is 1. The largest absolute Gasteiger partial charge is 0.352 e. The van der Waals surface area contributed by atoms with Gasteiger partial charge in [0.2, 0.25) is 5.78 Å². The van der Waals surface area contributed by atoms with Crippen molar-refractivity contribution in [1.29, 1.82) is 0 Å². The van der Waals surface area contributed by atoms with Crippen molar-refractivity contribution in [3.63, 3.8) is 0 Å². The van der Waals surface area contributed by atoms with Crippen LogP contribution in [-0.4, -0.2) is 61.4 Å². The number of ketones is 1. The molecule has 3 aromatic heterocycles. The molecule has 0 N–H and O–H groups in total. The van der Waals surface area contributed by atoms with Crippen molar-refractivity contribution in [2.45, 2.75) is 13.1 Å². The Morgan fingerprint density at radius 3 is 2.68 bits per heavy atom. The molecule has 0 amide bonds. The topological polar surface area (TPSA) is 80.0 Å². The Balaban J connectivity index is 1.29. The van der Waals surface area contributed by atoms with Crippen LogP contribution in [0.2, 0.25) is 0 Å². The molecule has 0 radical (unpaired) electrons. The van der Waals surface area contributed by atoms with Gasteiger partial charge in [0, 0.05) is 49.9 Å². The molecule has 158 valence electrons. The van der Waals surface area contributed by atoms with Crippen molar-refractivity contribution in [1.82, 2.24) is 29.4 Å². The minimum Gasteiger partial charge on any atom is -0.352 e. The first-order valence-electron chi connectivity index (χ1n) is 9.98. The van der Waals surface area contributed by atoms with Crippen molar-refractivity contribution >= 4 is 34.1 Å². The van der Waals surface area contributed by atoms with Crippen LogP contribution in [0.3, 0.4) is 0 Å². The molecule has 0 bridgehead atoms. The van der Waals surface area contributed by atoms with Gasteiger partial charge < -0.3 is 9.47 Å². The monoisotopic (exact) mass is 437 g/mol. The molecular formula is C21H20FN7OS. The highest BCUT2D eigenvalue weighted by molar-refractivity contribution is 7.11. The van der Waals surface area contributed by atoms with E-state index in [9.17, 15) is 9.18 Å². The number of piperazine rings is 1. The van der Waals surface area contributed by atoms with Crippen LogP contribution in [0, 0.1) is 5.82 Å². The second kappa shape index (κ2) is 8.48. The zero-order valence-corrected chi connectivity index (χ0v) is 17.5. The van der Waals surface area contributed by atoms with E-state index in [2.05, 4.69) is 29.7 Å². The molecule has 0 atom stereocenters. The summed E-state index contributed by atoms with van der Waals surface area (Å²) in [5, 5.41) is 2.26. The van der Waals surface area contributed by atoms with Gasteiger partial charge in [-0.1, -0.05) is 18.2 Å². The van der Waals surface area contributed by atoms with Gasteiger partial charge in [0.15, 0.2) is 22.0 Å². The maximum absolute atomic E-state index is 14.0. The van der Waals surface area contributed by atoms with Gasteiger partial charge in [-0.05, 0) is 6.07 Å². The van der Waals surface area contributed by atoms with E-state index in [0.29, 0.717) is 28.3 Å². The lowest BCUT2D eigenvalue weighted by Gasteiger charge is -2.35. The van der Waals surface area contributed by atoms with E-state index in [1.807, 2.05) is 12.1 Å².